The minimum Gasteiger partial charge on any atom is -0.359 e. The van der Waals surface area contributed by atoms with E-state index in [1.807, 2.05) is 0 Å². The number of amides is 1. The Hall–Kier alpha value is -2.40. The number of nitriles is 1. The summed E-state index contributed by atoms with van der Waals surface area (Å²) >= 11 is 17.3. The second-order valence-corrected chi connectivity index (χ2v) is 6.34. The SMILES string of the molecule is N#C/C(=C/Nc1ccc(Cl)cc1Cl)C(=O)Nc1ccc(Cl)c(C(F)(F)F)c1. The van der Waals surface area contributed by atoms with Crippen molar-refractivity contribution in [3.8, 4) is 6.07 Å². The lowest BCUT2D eigenvalue weighted by Crippen LogP contribution is -2.15. The van der Waals surface area contributed by atoms with Crippen molar-refractivity contribution in [3.05, 3.63) is 68.8 Å². The molecule has 10 heteroatoms. The summed E-state index contributed by atoms with van der Waals surface area (Å²) in [5, 5.41) is 14.1. The molecule has 0 heterocycles. The van der Waals surface area contributed by atoms with Gasteiger partial charge in [0.1, 0.15) is 11.6 Å². The van der Waals surface area contributed by atoms with Gasteiger partial charge in [-0.1, -0.05) is 34.8 Å². The molecule has 0 aliphatic carbocycles. The van der Waals surface area contributed by atoms with E-state index < -0.39 is 22.7 Å². The highest BCUT2D eigenvalue weighted by Gasteiger charge is 2.33. The van der Waals surface area contributed by atoms with Crippen LogP contribution in [0.5, 0.6) is 0 Å². The summed E-state index contributed by atoms with van der Waals surface area (Å²) in [7, 11) is 0. The highest BCUT2D eigenvalue weighted by atomic mass is 35.5. The van der Waals surface area contributed by atoms with Gasteiger partial charge in [-0.25, -0.2) is 0 Å². The van der Waals surface area contributed by atoms with Gasteiger partial charge in [-0.3, -0.25) is 4.79 Å². The number of alkyl halides is 3. The zero-order chi connectivity index (χ0) is 20.2. The predicted molar refractivity (Wildman–Crippen MR) is 98.9 cm³/mol. The van der Waals surface area contributed by atoms with E-state index in [1.165, 1.54) is 18.2 Å². The maximum atomic E-state index is 12.9. The molecule has 0 radical (unpaired) electrons. The molecule has 2 rings (SSSR count). The number of nitrogens with zero attached hydrogens (tertiary/aromatic N) is 1. The minimum absolute atomic E-state index is 0.164. The molecule has 0 unspecified atom stereocenters. The van der Waals surface area contributed by atoms with Crippen LogP contribution in [0.3, 0.4) is 0 Å². The van der Waals surface area contributed by atoms with Gasteiger partial charge >= 0.3 is 6.18 Å². The van der Waals surface area contributed by atoms with Crippen molar-refractivity contribution in [2.75, 3.05) is 10.6 Å². The van der Waals surface area contributed by atoms with Crippen LogP contribution in [0.2, 0.25) is 15.1 Å². The van der Waals surface area contributed by atoms with Crippen LogP contribution in [0.4, 0.5) is 24.5 Å². The van der Waals surface area contributed by atoms with Crippen LogP contribution in [0.15, 0.2) is 48.2 Å². The predicted octanol–water partition coefficient (Wildman–Crippen LogP) is 6.12. The molecular weight excluding hydrogens is 426 g/mol. The molecule has 0 atom stereocenters. The number of halogens is 6. The van der Waals surface area contributed by atoms with E-state index in [9.17, 15) is 18.0 Å². The summed E-state index contributed by atoms with van der Waals surface area (Å²) in [6.45, 7) is 0. The molecule has 2 aromatic rings. The first kappa shape index (κ1) is 20.9. The Morgan fingerprint density at radius 3 is 2.37 bits per heavy atom. The maximum absolute atomic E-state index is 12.9. The van der Waals surface area contributed by atoms with Gasteiger partial charge in [0.15, 0.2) is 0 Å². The monoisotopic (exact) mass is 433 g/mol. The molecule has 0 bridgehead atoms. The molecule has 0 aliphatic rings. The van der Waals surface area contributed by atoms with Gasteiger partial charge < -0.3 is 10.6 Å². The van der Waals surface area contributed by atoms with Gasteiger partial charge in [-0.15, -0.1) is 0 Å². The van der Waals surface area contributed by atoms with Gasteiger partial charge in [0.2, 0.25) is 0 Å². The Morgan fingerprint density at radius 2 is 1.78 bits per heavy atom. The molecular formula is C17H9Cl3F3N3O. The number of hydrogen-bond donors (Lipinski definition) is 2. The third kappa shape index (κ3) is 5.54. The molecule has 0 spiro atoms. The number of hydrogen-bond acceptors (Lipinski definition) is 3. The maximum Gasteiger partial charge on any atom is 0.417 e. The molecule has 0 saturated heterocycles. The summed E-state index contributed by atoms with van der Waals surface area (Å²) in [5.41, 5.74) is -1.27. The molecule has 1 amide bonds. The van der Waals surface area contributed by atoms with Gasteiger partial charge in [-0.05, 0) is 36.4 Å². The van der Waals surface area contributed by atoms with E-state index in [-0.39, 0.29) is 16.3 Å². The van der Waals surface area contributed by atoms with Crippen molar-refractivity contribution in [3.63, 3.8) is 0 Å². The highest BCUT2D eigenvalue weighted by Crippen LogP contribution is 2.36. The van der Waals surface area contributed by atoms with Crippen molar-refractivity contribution in [2.45, 2.75) is 6.18 Å². The average molecular weight is 435 g/mol. The van der Waals surface area contributed by atoms with E-state index in [0.29, 0.717) is 16.8 Å². The summed E-state index contributed by atoms with van der Waals surface area (Å²) < 4.78 is 38.6. The first-order valence-corrected chi connectivity index (χ1v) is 8.25. The van der Waals surface area contributed by atoms with Crippen LogP contribution < -0.4 is 10.6 Å². The van der Waals surface area contributed by atoms with Crippen LogP contribution in [-0.4, -0.2) is 5.91 Å². The number of rotatable bonds is 4. The van der Waals surface area contributed by atoms with Crippen molar-refractivity contribution in [2.24, 2.45) is 0 Å². The zero-order valence-corrected chi connectivity index (χ0v) is 15.4. The van der Waals surface area contributed by atoms with Crippen molar-refractivity contribution < 1.29 is 18.0 Å². The summed E-state index contributed by atoms with van der Waals surface area (Å²) in [6.07, 6.45) is -3.61. The third-order valence-electron chi connectivity index (χ3n) is 3.20. The summed E-state index contributed by atoms with van der Waals surface area (Å²) in [5.74, 6) is -0.912. The number of anilines is 2. The van der Waals surface area contributed by atoms with E-state index in [1.54, 1.807) is 12.1 Å². The fourth-order valence-corrected chi connectivity index (χ4v) is 2.61. The van der Waals surface area contributed by atoms with E-state index in [0.717, 1.165) is 12.3 Å². The summed E-state index contributed by atoms with van der Waals surface area (Å²) in [4.78, 5) is 12.1. The van der Waals surface area contributed by atoms with Crippen LogP contribution in [-0.2, 0) is 11.0 Å². The summed E-state index contributed by atoms with van der Waals surface area (Å²) in [6, 6.07) is 9.05. The standard InChI is InChI=1S/C17H9Cl3F3N3O/c18-10-1-4-15(14(20)5-10)25-8-9(7-24)16(27)26-11-2-3-13(19)12(6-11)17(21,22)23/h1-6,8,25H,(H,26,27)/b9-8-. The average Bonchev–Trinajstić information content (AvgIpc) is 2.57. The Labute approximate surface area is 167 Å². The molecule has 0 aliphatic heterocycles. The highest BCUT2D eigenvalue weighted by molar-refractivity contribution is 6.36. The van der Waals surface area contributed by atoms with E-state index in [4.69, 9.17) is 40.1 Å². The molecule has 27 heavy (non-hydrogen) atoms. The fraction of sp³-hybridized carbons (Fsp3) is 0.0588. The fourth-order valence-electron chi connectivity index (χ4n) is 1.92. The second-order valence-electron chi connectivity index (χ2n) is 5.08. The van der Waals surface area contributed by atoms with Crippen molar-refractivity contribution in [1.82, 2.24) is 0 Å². The molecule has 0 aromatic heterocycles. The number of carbonyl (C=O) groups excluding carboxylic acids is 1. The largest absolute Gasteiger partial charge is 0.417 e. The lowest BCUT2D eigenvalue weighted by Gasteiger charge is -2.11. The molecule has 4 nitrogen and oxygen atoms in total. The van der Waals surface area contributed by atoms with Crippen molar-refractivity contribution in [1.29, 1.82) is 5.26 Å². The number of carbonyl (C=O) groups is 1. The van der Waals surface area contributed by atoms with Gasteiger partial charge in [0.25, 0.3) is 5.91 Å². The third-order valence-corrected chi connectivity index (χ3v) is 4.08. The van der Waals surface area contributed by atoms with Crippen molar-refractivity contribution >= 4 is 52.1 Å². The Morgan fingerprint density at radius 1 is 1.07 bits per heavy atom. The van der Waals surface area contributed by atoms with E-state index >= 15 is 0 Å². The van der Waals surface area contributed by atoms with Crippen LogP contribution in [0, 0.1) is 11.3 Å². The van der Waals surface area contributed by atoms with Gasteiger partial charge in [0.05, 0.1) is 21.3 Å². The van der Waals surface area contributed by atoms with Crippen LogP contribution in [0.25, 0.3) is 0 Å². The lowest BCUT2D eigenvalue weighted by molar-refractivity contribution is -0.137. The lowest BCUT2D eigenvalue weighted by atomic mass is 10.2. The molecule has 0 saturated carbocycles. The number of benzene rings is 2. The zero-order valence-electron chi connectivity index (χ0n) is 13.2. The first-order valence-electron chi connectivity index (χ1n) is 7.12. The normalized spacial score (nSPS) is 11.7. The van der Waals surface area contributed by atoms with Gasteiger partial charge in [-0.2, -0.15) is 18.4 Å². The second kappa shape index (κ2) is 8.53. The Balaban J connectivity index is 2.19. The Kier molecular flexibility index (Phi) is 6.60. The smallest absolute Gasteiger partial charge is 0.359 e. The first-order chi connectivity index (χ1) is 12.6. The molecule has 2 aromatic carbocycles. The minimum atomic E-state index is -4.68. The Bertz CT molecular complexity index is 953. The van der Waals surface area contributed by atoms with Gasteiger partial charge in [0, 0.05) is 16.9 Å². The van der Waals surface area contributed by atoms with E-state index in [2.05, 4.69) is 10.6 Å². The number of nitrogens with one attached hydrogen (secondary N) is 2. The van der Waals surface area contributed by atoms with Crippen LogP contribution in [0.1, 0.15) is 5.56 Å². The molecule has 140 valence electrons. The quantitative estimate of drug-likeness (QED) is 0.450. The molecule has 2 N–H and O–H groups in total. The topological polar surface area (TPSA) is 64.9 Å². The molecule has 0 fully saturated rings. The van der Waals surface area contributed by atoms with Crippen LogP contribution >= 0.6 is 34.8 Å².